The molecule has 2 aliphatic rings. The Hall–Kier alpha value is -1.97. The van der Waals surface area contributed by atoms with E-state index in [1.54, 1.807) is 0 Å². The molecule has 2 fully saturated rings. The van der Waals surface area contributed by atoms with Gasteiger partial charge in [0.25, 0.3) is 5.91 Å². The van der Waals surface area contributed by atoms with Gasteiger partial charge in [-0.1, -0.05) is 6.07 Å². The van der Waals surface area contributed by atoms with Crippen LogP contribution in [0.1, 0.15) is 36.0 Å². The van der Waals surface area contributed by atoms with Crippen molar-refractivity contribution in [2.75, 3.05) is 19.8 Å². The molecule has 0 unspecified atom stereocenters. The fraction of sp³-hybridized carbons (Fsp3) is 0.529. The Kier molecular flexibility index (Phi) is 5.31. The Balaban J connectivity index is 1.69. The molecule has 8 nitrogen and oxygen atoms in total. The maximum Gasteiger partial charge on any atom is 0.311 e. The first-order valence-electron chi connectivity index (χ1n) is 8.54. The van der Waals surface area contributed by atoms with Crippen molar-refractivity contribution in [2.24, 2.45) is 5.41 Å². The molecule has 1 aliphatic carbocycles. The van der Waals surface area contributed by atoms with Crippen LogP contribution in [0, 0.1) is 5.41 Å². The summed E-state index contributed by atoms with van der Waals surface area (Å²) < 4.78 is 32.3. The minimum Gasteiger partial charge on any atom is -0.481 e. The summed E-state index contributed by atoms with van der Waals surface area (Å²) in [4.78, 5) is 24.1. The van der Waals surface area contributed by atoms with Crippen molar-refractivity contribution in [3.8, 4) is 0 Å². The van der Waals surface area contributed by atoms with Crippen LogP contribution in [0.2, 0.25) is 0 Å². The van der Waals surface area contributed by atoms with Crippen LogP contribution < -0.4 is 10.0 Å². The van der Waals surface area contributed by atoms with Crippen LogP contribution in [0.25, 0.3) is 0 Å². The largest absolute Gasteiger partial charge is 0.481 e. The molecule has 142 valence electrons. The minimum atomic E-state index is -3.65. The van der Waals surface area contributed by atoms with E-state index in [1.165, 1.54) is 24.3 Å². The van der Waals surface area contributed by atoms with E-state index < -0.39 is 27.3 Å². The summed E-state index contributed by atoms with van der Waals surface area (Å²) in [6.45, 7) is 0.646. The third kappa shape index (κ3) is 4.22. The molecule has 9 heteroatoms. The van der Waals surface area contributed by atoms with Gasteiger partial charge in [-0.2, -0.15) is 0 Å². The van der Waals surface area contributed by atoms with Crippen LogP contribution >= 0.6 is 0 Å². The number of rotatable bonds is 7. The monoisotopic (exact) mass is 382 g/mol. The van der Waals surface area contributed by atoms with E-state index in [1.807, 2.05) is 0 Å². The number of hydrogen-bond donors (Lipinski definition) is 3. The lowest BCUT2D eigenvalue weighted by molar-refractivity contribution is -0.154. The van der Waals surface area contributed by atoms with Gasteiger partial charge in [-0.3, -0.25) is 9.59 Å². The quantitative estimate of drug-likeness (QED) is 0.639. The van der Waals surface area contributed by atoms with E-state index in [9.17, 15) is 23.1 Å². The maximum absolute atomic E-state index is 12.4. The number of aliphatic carboxylic acids is 1. The molecule has 1 aliphatic heterocycles. The van der Waals surface area contributed by atoms with Crippen LogP contribution in [0.15, 0.2) is 29.2 Å². The summed E-state index contributed by atoms with van der Waals surface area (Å²) >= 11 is 0. The fourth-order valence-corrected chi connectivity index (χ4v) is 4.22. The zero-order valence-corrected chi connectivity index (χ0v) is 15.0. The highest BCUT2D eigenvalue weighted by molar-refractivity contribution is 7.89. The minimum absolute atomic E-state index is 0.0241. The fourth-order valence-electron chi connectivity index (χ4n) is 2.87. The van der Waals surface area contributed by atoms with Gasteiger partial charge in [-0.15, -0.1) is 0 Å². The highest BCUT2D eigenvalue weighted by atomic mass is 32.2. The number of carbonyl (C=O) groups excluding carboxylic acids is 1. The molecular formula is C17H22N2O6S. The molecule has 1 aromatic rings. The molecule has 1 heterocycles. The molecule has 1 saturated heterocycles. The van der Waals surface area contributed by atoms with Crippen molar-refractivity contribution >= 4 is 21.9 Å². The number of benzene rings is 1. The Morgan fingerprint density at radius 3 is 2.54 bits per heavy atom. The second kappa shape index (κ2) is 7.34. The van der Waals surface area contributed by atoms with Gasteiger partial charge in [0.1, 0.15) is 0 Å². The van der Waals surface area contributed by atoms with Crippen molar-refractivity contribution in [3.05, 3.63) is 29.8 Å². The topological polar surface area (TPSA) is 122 Å². The van der Waals surface area contributed by atoms with Gasteiger partial charge in [-0.05, 0) is 43.9 Å². The molecule has 3 rings (SSSR count). The summed E-state index contributed by atoms with van der Waals surface area (Å²) in [5, 5.41) is 12.2. The van der Waals surface area contributed by atoms with Crippen LogP contribution in [-0.2, 0) is 19.6 Å². The molecule has 3 N–H and O–H groups in total. The maximum atomic E-state index is 12.4. The van der Waals surface area contributed by atoms with Crippen LogP contribution in [0.3, 0.4) is 0 Å². The van der Waals surface area contributed by atoms with E-state index in [2.05, 4.69) is 10.0 Å². The summed E-state index contributed by atoms with van der Waals surface area (Å²) in [6.07, 6.45) is 2.28. The number of amides is 1. The van der Waals surface area contributed by atoms with Gasteiger partial charge in [0.15, 0.2) is 0 Å². The van der Waals surface area contributed by atoms with Crippen LogP contribution in [-0.4, -0.2) is 51.2 Å². The van der Waals surface area contributed by atoms with Crippen molar-refractivity contribution < 1.29 is 27.9 Å². The van der Waals surface area contributed by atoms with Crippen molar-refractivity contribution in [1.29, 1.82) is 0 Å². The zero-order valence-electron chi connectivity index (χ0n) is 14.2. The van der Waals surface area contributed by atoms with Crippen LogP contribution in [0.5, 0.6) is 0 Å². The molecule has 1 amide bonds. The summed E-state index contributed by atoms with van der Waals surface area (Å²) in [5.74, 6) is -1.47. The van der Waals surface area contributed by atoms with Crippen molar-refractivity contribution in [3.63, 3.8) is 0 Å². The van der Waals surface area contributed by atoms with Gasteiger partial charge in [-0.25, -0.2) is 13.1 Å². The van der Waals surface area contributed by atoms with E-state index in [-0.39, 0.29) is 23.0 Å². The number of carboxylic acids is 1. The molecule has 1 aromatic carbocycles. The third-order valence-corrected chi connectivity index (χ3v) is 6.31. The second-order valence-electron chi connectivity index (χ2n) is 6.80. The Morgan fingerprint density at radius 2 is 1.92 bits per heavy atom. The van der Waals surface area contributed by atoms with Gasteiger partial charge < -0.3 is 15.2 Å². The number of ether oxygens (including phenoxy) is 1. The molecular weight excluding hydrogens is 360 g/mol. The van der Waals surface area contributed by atoms with E-state index >= 15 is 0 Å². The smallest absolute Gasteiger partial charge is 0.311 e. The van der Waals surface area contributed by atoms with Gasteiger partial charge in [0.2, 0.25) is 10.0 Å². The Labute approximate surface area is 152 Å². The predicted octanol–water partition coefficient (Wildman–Crippen LogP) is 0.738. The number of carbonyl (C=O) groups is 2. The van der Waals surface area contributed by atoms with Crippen molar-refractivity contribution in [2.45, 2.75) is 36.6 Å². The lowest BCUT2D eigenvalue weighted by Gasteiger charge is -2.33. The molecule has 0 spiro atoms. The molecule has 0 bridgehead atoms. The van der Waals surface area contributed by atoms with E-state index in [0.717, 1.165) is 12.8 Å². The number of hydrogen-bond acceptors (Lipinski definition) is 5. The standard InChI is InChI=1S/C17H22N2O6S/c20-15(18-11-17(16(21)22)6-8-25-9-7-17)12-2-1-3-14(10-12)26(23,24)19-13-4-5-13/h1-3,10,13,19H,4-9,11H2,(H,18,20)(H,21,22). The summed E-state index contributed by atoms with van der Waals surface area (Å²) in [6, 6.07) is 5.71. The highest BCUT2D eigenvalue weighted by Gasteiger charge is 2.40. The average Bonchev–Trinajstić information content (AvgIpc) is 3.44. The normalized spacial score (nSPS) is 19.7. The Morgan fingerprint density at radius 1 is 1.23 bits per heavy atom. The van der Waals surface area contributed by atoms with Gasteiger partial charge >= 0.3 is 5.97 Å². The highest BCUT2D eigenvalue weighted by Crippen LogP contribution is 2.30. The lowest BCUT2D eigenvalue weighted by atomic mass is 9.80. The SMILES string of the molecule is O=C(NCC1(C(=O)O)CCOCC1)c1cccc(S(=O)(=O)NC2CC2)c1. The summed E-state index contributed by atoms with van der Waals surface area (Å²) in [5.41, 5.74) is -0.873. The molecule has 0 atom stereocenters. The first-order chi connectivity index (χ1) is 12.3. The van der Waals surface area contributed by atoms with Crippen LogP contribution in [0.4, 0.5) is 0 Å². The van der Waals surface area contributed by atoms with Gasteiger partial charge in [0.05, 0.1) is 10.3 Å². The third-order valence-electron chi connectivity index (χ3n) is 4.80. The summed E-state index contributed by atoms with van der Waals surface area (Å²) in [7, 11) is -3.65. The van der Waals surface area contributed by atoms with E-state index in [4.69, 9.17) is 4.74 Å². The average molecular weight is 382 g/mol. The predicted molar refractivity (Wildman–Crippen MR) is 92.2 cm³/mol. The molecule has 0 aromatic heterocycles. The first-order valence-corrected chi connectivity index (χ1v) is 10.0. The van der Waals surface area contributed by atoms with E-state index in [0.29, 0.717) is 26.1 Å². The molecule has 26 heavy (non-hydrogen) atoms. The number of carboxylic acid groups (broad SMARTS) is 1. The second-order valence-corrected chi connectivity index (χ2v) is 8.52. The number of sulfonamides is 1. The lowest BCUT2D eigenvalue weighted by Crippen LogP contribution is -2.46. The molecule has 1 saturated carbocycles. The van der Waals surface area contributed by atoms with Crippen molar-refractivity contribution in [1.82, 2.24) is 10.0 Å². The zero-order chi connectivity index (χ0) is 18.8. The Bertz CT molecular complexity index is 797. The molecule has 0 radical (unpaired) electrons. The van der Waals surface area contributed by atoms with Gasteiger partial charge in [0, 0.05) is 31.4 Å². The number of nitrogens with one attached hydrogen (secondary N) is 2. The first kappa shape index (κ1) is 18.8.